The number of sulfonamides is 1. The minimum atomic E-state index is -4.11. The molecule has 0 fully saturated rings. The van der Waals surface area contributed by atoms with E-state index in [4.69, 9.17) is 4.18 Å². The van der Waals surface area contributed by atoms with E-state index in [2.05, 4.69) is 21.9 Å². The fourth-order valence-electron chi connectivity index (χ4n) is 4.46. The zero-order valence-corrected chi connectivity index (χ0v) is 27.3. The molecule has 2 atom stereocenters. The Kier molecular flexibility index (Phi) is 11.7. The molecule has 0 saturated carbocycles. The van der Waals surface area contributed by atoms with E-state index < -0.39 is 44.1 Å². The van der Waals surface area contributed by atoms with Gasteiger partial charge in [0, 0.05) is 12.0 Å². The van der Waals surface area contributed by atoms with Gasteiger partial charge in [-0.05, 0) is 67.8 Å². The number of carboxylic acid groups (broad SMARTS) is 1. The molecule has 12 heteroatoms. The largest absolute Gasteiger partial charge is 0.480 e. The molecule has 0 unspecified atom stereocenters. The molecule has 0 saturated heterocycles. The average Bonchev–Trinajstić information content (AvgIpc) is 3.04. The van der Waals surface area contributed by atoms with Crippen LogP contribution in [-0.4, -0.2) is 52.5 Å². The van der Waals surface area contributed by atoms with Crippen LogP contribution in [0, 0.1) is 25.7 Å². The van der Waals surface area contributed by atoms with Gasteiger partial charge in [0.2, 0.25) is 15.9 Å². The van der Waals surface area contributed by atoms with Gasteiger partial charge in [0.15, 0.2) is 0 Å². The number of amides is 1. The lowest BCUT2D eigenvalue weighted by molar-refractivity contribution is -0.142. The number of hydrogen-bond donors (Lipinski definition) is 3. The second-order valence-electron chi connectivity index (χ2n) is 10.8. The molecule has 244 valence electrons. The molecule has 0 aromatic heterocycles. The van der Waals surface area contributed by atoms with Crippen LogP contribution in [0.1, 0.15) is 27.8 Å². The van der Waals surface area contributed by atoms with Crippen molar-refractivity contribution >= 4 is 32.0 Å². The Labute approximate surface area is 275 Å². The van der Waals surface area contributed by atoms with Crippen molar-refractivity contribution in [3.63, 3.8) is 0 Å². The van der Waals surface area contributed by atoms with Gasteiger partial charge >= 0.3 is 5.97 Å². The highest BCUT2D eigenvalue weighted by molar-refractivity contribution is 7.89. The number of carbonyl (C=O) groups excluding carboxylic acids is 1. The number of benzene rings is 4. The minimum absolute atomic E-state index is 0.00644. The lowest BCUT2D eigenvalue weighted by atomic mass is 10.0. The molecule has 4 aromatic carbocycles. The van der Waals surface area contributed by atoms with Crippen LogP contribution < -0.4 is 10.0 Å². The SMILES string of the molecule is Cc1ccc(S(=O)(=O)N[C@@H](Cc2ccccc2)C(=O)N[C@@H](Cc2ccc(C#CCOS(=O)(=O)c3ccc(C)cc3)cc2)C(=O)O)cc1. The fourth-order valence-corrected chi connectivity index (χ4v) is 6.48. The third-order valence-electron chi connectivity index (χ3n) is 7.06. The van der Waals surface area contributed by atoms with Crippen molar-refractivity contribution in [2.45, 2.75) is 48.6 Å². The highest BCUT2D eigenvalue weighted by Gasteiger charge is 2.30. The summed E-state index contributed by atoms with van der Waals surface area (Å²) < 4.78 is 58.4. The van der Waals surface area contributed by atoms with Crippen LogP contribution in [0.25, 0.3) is 0 Å². The van der Waals surface area contributed by atoms with Crippen LogP contribution in [0.15, 0.2) is 113 Å². The van der Waals surface area contributed by atoms with Gasteiger partial charge < -0.3 is 10.4 Å². The Morgan fingerprint density at radius 2 is 1.26 bits per heavy atom. The molecule has 47 heavy (non-hydrogen) atoms. The van der Waals surface area contributed by atoms with Crippen molar-refractivity contribution in [3.05, 3.63) is 131 Å². The minimum Gasteiger partial charge on any atom is -0.480 e. The van der Waals surface area contributed by atoms with Gasteiger partial charge in [-0.2, -0.15) is 13.1 Å². The molecule has 0 spiro atoms. The summed E-state index contributed by atoms with van der Waals surface area (Å²) in [6.45, 7) is 3.30. The maximum Gasteiger partial charge on any atom is 0.326 e. The summed E-state index contributed by atoms with van der Waals surface area (Å²) in [5, 5.41) is 12.4. The Bertz CT molecular complexity index is 1970. The van der Waals surface area contributed by atoms with E-state index in [9.17, 15) is 31.5 Å². The molecule has 0 aliphatic carbocycles. The molecule has 3 N–H and O–H groups in total. The van der Waals surface area contributed by atoms with E-state index in [0.717, 1.165) is 11.1 Å². The van der Waals surface area contributed by atoms with Crippen LogP contribution in [0.4, 0.5) is 0 Å². The van der Waals surface area contributed by atoms with Crippen molar-refractivity contribution in [1.82, 2.24) is 10.0 Å². The standard InChI is InChI=1S/C35H34N2O8S2/c1-25-10-18-30(19-11-25)46(41,42)37-32(23-28-7-4-3-5-8-28)34(38)36-33(35(39)40)24-29-16-14-27(15-17-29)9-6-22-45-47(43,44)31-20-12-26(2)13-21-31/h3-5,7-8,10-21,32-33,37H,22-24H2,1-2H3,(H,36,38)(H,39,40)/t32-,33-/m0/s1. The Balaban J connectivity index is 1.42. The van der Waals surface area contributed by atoms with Crippen LogP contribution in [-0.2, 0) is 46.8 Å². The number of carboxylic acids is 1. The second kappa shape index (κ2) is 15.7. The highest BCUT2D eigenvalue weighted by atomic mass is 32.2. The first-order valence-electron chi connectivity index (χ1n) is 14.5. The first kappa shape index (κ1) is 35.1. The molecule has 10 nitrogen and oxygen atoms in total. The molecule has 1 amide bonds. The van der Waals surface area contributed by atoms with Gasteiger partial charge in [-0.25, -0.2) is 13.2 Å². The number of carbonyl (C=O) groups is 2. The Morgan fingerprint density at radius 3 is 1.83 bits per heavy atom. The average molecular weight is 675 g/mol. The van der Waals surface area contributed by atoms with Crippen molar-refractivity contribution in [2.24, 2.45) is 0 Å². The van der Waals surface area contributed by atoms with Gasteiger partial charge in [-0.1, -0.05) is 89.7 Å². The lowest BCUT2D eigenvalue weighted by Crippen LogP contribution is -2.53. The normalized spacial score (nSPS) is 12.7. The number of aryl methyl sites for hydroxylation is 2. The zero-order chi connectivity index (χ0) is 34.0. The molecule has 0 radical (unpaired) electrons. The monoisotopic (exact) mass is 674 g/mol. The Hall–Kier alpha value is -4.80. The molecule has 0 bridgehead atoms. The van der Waals surface area contributed by atoms with E-state index in [0.29, 0.717) is 16.7 Å². The summed E-state index contributed by atoms with van der Waals surface area (Å²) in [7, 11) is -8.06. The summed E-state index contributed by atoms with van der Waals surface area (Å²) in [5.41, 5.74) is 3.57. The molecular weight excluding hydrogens is 641 g/mol. The quantitative estimate of drug-likeness (QED) is 0.143. The number of hydrogen-bond acceptors (Lipinski definition) is 7. The summed E-state index contributed by atoms with van der Waals surface area (Å²) >= 11 is 0. The first-order chi connectivity index (χ1) is 22.3. The maximum atomic E-state index is 13.4. The molecule has 0 aliphatic rings. The summed E-state index contributed by atoms with van der Waals surface area (Å²) in [6, 6.07) is 25.1. The zero-order valence-electron chi connectivity index (χ0n) is 25.7. The van der Waals surface area contributed by atoms with E-state index >= 15 is 0 Å². The second-order valence-corrected chi connectivity index (χ2v) is 14.1. The van der Waals surface area contributed by atoms with Crippen LogP contribution in [0.3, 0.4) is 0 Å². The topological polar surface area (TPSA) is 156 Å². The van der Waals surface area contributed by atoms with Gasteiger partial charge in [0.05, 0.1) is 9.79 Å². The van der Waals surface area contributed by atoms with Gasteiger partial charge in [-0.3, -0.25) is 8.98 Å². The van der Waals surface area contributed by atoms with Crippen molar-refractivity contribution in [3.8, 4) is 11.8 Å². The van der Waals surface area contributed by atoms with Gasteiger partial charge in [0.25, 0.3) is 10.1 Å². The highest BCUT2D eigenvalue weighted by Crippen LogP contribution is 2.15. The van der Waals surface area contributed by atoms with E-state index in [1.54, 1.807) is 78.9 Å². The molecule has 0 aliphatic heterocycles. The molecule has 0 heterocycles. The first-order valence-corrected chi connectivity index (χ1v) is 17.4. The lowest BCUT2D eigenvalue weighted by Gasteiger charge is -2.22. The van der Waals surface area contributed by atoms with Gasteiger partial charge in [0.1, 0.15) is 18.7 Å². The smallest absolute Gasteiger partial charge is 0.326 e. The van der Waals surface area contributed by atoms with E-state index in [-0.39, 0.29) is 29.2 Å². The van der Waals surface area contributed by atoms with Crippen molar-refractivity contribution in [1.29, 1.82) is 0 Å². The summed E-state index contributed by atoms with van der Waals surface area (Å²) in [6.07, 6.45) is -0.0943. The number of nitrogens with one attached hydrogen (secondary N) is 2. The molecule has 4 aromatic rings. The number of aliphatic carboxylic acids is 1. The summed E-state index contributed by atoms with van der Waals surface area (Å²) in [5.74, 6) is 3.36. The van der Waals surface area contributed by atoms with Crippen LogP contribution >= 0.6 is 0 Å². The van der Waals surface area contributed by atoms with Crippen LogP contribution in [0.2, 0.25) is 0 Å². The predicted octanol–water partition coefficient (Wildman–Crippen LogP) is 3.76. The third kappa shape index (κ3) is 10.4. The molecular formula is C35H34N2O8S2. The van der Waals surface area contributed by atoms with Crippen molar-refractivity contribution < 1.29 is 35.7 Å². The summed E-state index contributed by atoms with van der Waals surface area (Å²) in [4.78, 5) is 25.6. The van der Waals surface area contributed by atoms with Gasteiger partial charge in [-0.15, -0.1) is 0 Å². The van der Waals surface area contributed by atoms with Crippen molar-refractivity contribution in [2.75, 3.05) is 6.61 Å². The number of rotatable bonds is 13. The Morgan fingerprint density at radius 1 is 0.723 bits per heavy atom. The fraction of sp³-hybridized carbons (Fsp3) is 0.200. The third-order valence-corrected chi connectivity index (χ3v) is 9.83. The predicted molar refractivity (Wildman–Crippen MR) is 176 cm³/mol. The van der Waals surface area contributed by atoms with E-state index in [1.807, 2.05) is 13.8 Å². The molecule has 4 rings (SSSR count). The van der Waals surface area contributed by atoms with Crippen LogP contribution in [0.5, 0.6) is 0 Å². The maximum absolute atomic E-state index is 13.4. The van der Waals surface area contributed by atoms with E-state index in [1.165, 1.54) is 24.3 Å².